The molecule has 0 aromatic carbocycles. The largest absolute Gasteiger partial charge is 0.356 e. The zero-order valence-electron chi connectivity index (χ0n) is 16.7. The first-order valence-corrected chi connectivity index (χ1v) is 9.43. The van der Waals surface area contributed by atoms with E-state index in [1.54, 1.807) is 4.90 Å². The maximum absolute atomic E-state index is 12.2. The maximum atomic E-state index is 12.2. The van der Waals surface area contributed by atoms with Crippen molar-refractivity contribution in [3.05, 3.63) is 0 Å². The highest BCUT2D eigenvalue weighted by Crippen LogP contribution is 2.18. The molecule has 148 valence electrons. The standard InChI is InChI=1S/C18H37N5O.HI/c1-6-15(7-2)14-21-18(19-3)20-11-9-13-23-12-8-10-16(23)17(24)22(4)5;/h15-16H,6-14H2,1-5H3,(H2,19,20,21);1H. The predicted octanol–water partition coefficient (Wildman–Crippen LogP) is 2.15. The molecule has 0 aromatic rings. The molecule has 1 aliphatic rings. The summed E-state index contributed by atoms with van der Waals surface area (Å²) in [5.74, 6) is 1.82. The third-order valence-electron chi connectivity index (χ3n) is 4.94. The van der Waals surface area contributed by atoms with Gasteiger partial charge in [-0.25, -0.2) is 0 Å². The second-order valence-corrected chi connectivity index (χ2v) is 6.84. The lowest BCUT2D eigenvalue weighted by Crippen LogP contribution is -2.44. The quantitative estimate of drug-likeness (QED) is 0.236. The highest BCUT2D eigenvalue weighted by Gasteiger charge is 2.30. The number of halogens is 1. The fraction of sp³-hybridized carbons (Fsp3) is 0.889. The van der Waals surface area contributed by atoms with E-state index in [1.165, 1.54) is 12.8 Å². The van der Waals surface area contributed by atoms with Crippen LogP contribution in [0.2, 0.25) is 0 Å². The summed E-state index contributed by atoms with van der Waals surface area (Å²) in [6, 6.07) is 0.0762. The third-order valence-corrected chi connectivity index (χ3v) is 4.94. The van der Waals surface area contributed by atoms with Crippen LogP contribution in [0.15, 0.2) is 4.99 Å². The van der Waals surface area contributed by atoms with Crippen molar-refractivity contribution in [2.75, 3.05) is 47.3 Å². The van der Waals surface area contributed by atoms with Gasteiger partial charge in [0.2, 0.25) is 5.91 Å². The number of carbonyl (C=O) groups excluding carboxylic acids is 1. The fourth-order valence-corrected chi connectivity index (χ4v) is 3.20. The van der Waals surface area contributed by atoms with Gasteiger partial charge in [0.1, 0.15) is 0 Å². The van der Waals surface area contributed by atoms with Crippen LogP contribution in [0.3, 0.4) is 0 Å². The van der Waals surface area contributed by atoms with Gasteiger partial charge in [0.25, 0.3) is 0 Å². The van der Waals surface area contributed by atoms with Crippen molar-refractivity contribution in [1.29, 1.82) is 0 Å². The van der Waals surface area contributed by atoms with Gasteiger partial charge < -0.3 is 15.5 Å². The Kier molecular flexibility index (Phi) is 13.3. The number of hydrogen-bond donors (Lipinski definition) is 2. The fourth-order valence-electron chi connectivity index (χ4n) is 3.20. The van der Waals surface area contributed by atoms with Gasteiger partial charge in [-0.15, -0.1) is 24.0 Å². The van der Waals surface area contributed by atoms with Gasteiger partial charge in [-0.1, -0.05) is 26.7 Å². The van der Waals surface area contributed by atoms with E-state index in [-0.39, 0.29) is 35.9 Å². The van der Waals surface area contributed by atoms with E-state index in [9.17, 15) is 4.79 Å². The van der Waals surface area contributed by atoms with Crippen molar-refractivity contribution in [3.63, 3.8) is 0 Å². The van der Waals surface area contributed by atoms with E-state index in [2.05, 4.69) is 34.4 Å². The Morgan fingerprint density at radius 3 is 2.52 bits per heavy atom. The predicted molar refractivity (Wildman–Crippen MR) is 117 cm³/mol. The molecule has 0 aromatic heterocycles. The molecule has 1 heterocycles. The van der Waals surface area contributed by atoms with Gasteiger partial charge in [0.05, 0.1) is 6.04 Å². The molecule has 0 aliphatic carbocycles. The first kappa shape index (κ1) is 24.4. The van der Waals surface area contributed by atoms with Crippen molar-refractivity contribution in [3.8, 4) is 0 Å². The first-order chi connectivity index (χ1) is 11.5. The summed E-state index contributed by atoms with van der Waals surface area (Å²) in [4.78, 5) is 20.5. The number of rotatable bonds is 9. The lowest BCUT2D eigenvalue weighted by atomic mass is 10.0. The van der Waals surface area contributed by atoms with Crippen LogP contribution in [0.4, 0.5) is 0 Å². The molecular weight excluding hydrogens is 429 g/mol. The Hall–Kier alpha value is -0.570. The molecule has 1 atom stereocenters. The molecule has 1 amide bonds. The summed E-state index contributed by atoms with van der Waals surface area (Å²) >= 11 is 0. The zero-order chi connectivity index (χ0) is 17.9. The smallest absolute Gasteiger partial charge is 0.239 e. The van der Waals surface area contributed by atoms with Crippen LogP contribution in [0.25, 0.3) is 0 Å². The number of guanidine groups is 1. The molecule has 1 unspecified atom stereocenters. The maximum Gasteiger partial charge on any atom is 0.239 e. The van der Waals surface area contributed by atoms with Crippen LogP contribution in [0.1, 0.15) is 46.0 Å². The summed E-state index contributed by atoms with van der Waals surface area (Å²) in [6.07, 6.45) is 5.51. The zero-order valence-corrected chi connectivity index (χ0v) is 19.0. The molecule has 7 heteroatoms. The minimum Gasteiger partial charge on any atom is -0.356 e. The minimum atomic E-state index is 0. The number of likely N-dealkylation sites (tertiary alicyclic amines) is 1. The molecule has 1 fully saturated rings. The van der Waals surface area contributed by atoms with Gasteiger partial charge in [0, 0.05) is 40.8 Å². The summed E-state index contributed by atoms with van der Waals surface area (Å²) in [6.45, 7) is 8.30. The number of likely N-dealkylation sites (N-methyl/N-ethyl adjacent to an activating group) is 1. The van der Waals surface area contributed by atoms with Crippen molar-refractivity contribution >= 4 is 35.8 Å². The molecule has 1 rings (SSSR count). The SMILES string of the molecule is CCC(CC)CNC(=NC)NCCCN1CCCC1C(=O)N(C)C.I. The molecule has 6 nitrogen and oxygen atoms in total. The van der Waals surface area contributed by atoms with Crippen LogP contribution in [0.5, 0.6) is 0 Å². The molecule has 0 saturated carbocycles. The van der Waals surface area contributed by atoms with Crippen molar-refractivity contribution < 1.29 is 4.79 Å². The summed E-state index contributed by atoms with van der Waals surface area (Å²) < 4.78 is 0. The summed E-state index contributed by atoms with van der Waals surface area (Å²) in [5, 5.41) is 6.79. The molecule has 0 spiro atoms. The molecule has 2 N–H and O–H groups in total. The van der Waals surface area contributed by atoms with Crippen LogP contribution >= 0.6 is 24.0 Å². The Morgan fingerprint density at radius 2 is 1.96 bits per heavy atom. The minimum absolute atomic E-state index is 0. The Morgan fingerprint density at radius 1 is 1.28 bits per heavy atom. The van der Waals surface area contributed by atoms with Crippen LogP contribution in [-0.4, -0.2) is 75.0 Å². The highest BCUT2D eigenvalue weighted by atomic mass is 127. The van der Waals surface area contributed by atoms with E-state index < -0.39 is 0 Å². The summed E-state index contributed by atoms with van der Waals surface area (Å²) in [7, 11) is 5.50. The van der Waals surface area contributed by atoms with E-state index in [0.29, 0.717) is 5.92 Å². The van der Waals surface area contributed by atoms with Gasteiger partial charge in [0.15, 0.2) is 5.96 Å². The van der Waals surface area contributed by atoms with Gasteiger partial charge >= 0.3 is 0 Å². The van der Waals surface area contributed by atoms with Crippen molar-refractivity contribution in [1.82, 2.24) is 20.4 Å². The first-order valence-electron chi connectivity index (χ1n) is 9.43. The van der Waals surface area contributed by atoms with E-state index in [0.717, 1.165) is 51.4 Å². The number of nitrogens with zero attached hydrogens (tertiary/aromatic N) is 3. The topological polar surface area (TPSA) is 60.0 Å². The number of aliphatic imine (C=N–C) groups is 1. The number of amides is 1. The monoisotopic (exact) mass is 467 g/mol. The lowest BCUT2D eigenvalue weighted by Gasteiger charge is -2.26. The molecule has 25 heavy (non-hydrogen) atoms. The molecule has 1 aliphatic heterocycles. The van der Waals surface area contributed by atoms with Crippen LogP contribution in [0, 0.1) is 5.92 Å². The van der Waals surface area contributed by atoms with Crippen LogP contribution in [-0.2, 0) is 4.79 Å². The Bertz CT molecular complexity index is 399. The highest BCUT2D eigenvalue weighted by molar-refractivity contribution is 14.0. The normalized spacial score (nSPS) is 18.2. The second-order valence-electron chi connectivity index (χ2n) is 6.84. The van der Waals surface area contributed by atoms with Crippen molar-refractivity contribution in [2.24, 2.45) is 10.9 Å². The van der Waals surface area contributed by atoms with Gasteiger partial charge in [-0.2, -0.15) is 0 Å². The molecular formula is C18H38IN5O. The van der Waals surface area contributed by atoms with Crippen LogP contribution < -0.4 is 10.6 Å². The molecule has 0 radical (unpaired) electrons. The van der Waals surface area contributed by atoms with E-state index in [4.69, 9.17) is 0 Å². The lowest BCUT2D eigenvalue weighted by molar-refractivity contribution is -0.133. The average Bonchev–Trinajstić information content (AvgIpc) is 3.04. The Balaban J connectivity index is 0.00000576. The average molecular weight is 467 g/mol. The Labute approximate surface area is 171 Å². The summed E-state index contributed by atoms with van der Waals surface area (Å²) in [5.41, 5.74) is 0. The number of nitrogens with one attached hydrogen (secondary N) is 2. The third kappa shape index (κ3) is 8.57. The molecule has 0 bridgehead atoms. The number of carbonyl (C=O) groups is 1. The van der Waals surface area contributed by atoms with Gasteiger partial charge in [-0.05, 0) is 31.7 Å². The second kappa shape index (κ2) is 13.6. The number of hydrogen-bond acceptors (Lipinski definition) is 3. The molecule has 1 saturated heterocycles. The van der Waals surface area contributed by atoms with Crippen molar-refractivity contribution in [2.45, 2.75) is 52.0 Å². The van der Waals surface area contributed by atoms with E-state index in [1.807, 2.05) is 21.1 Å². The van der Waals surface area contributed by atoms with Gasteiger partial charge in [-0.3, -0.25) is 14.7 Å². The van der Waals surface area contributed by atoms with E-state index >= 15 is 0 Å².